The number of rotatable bonds is 4. The lowest BCUT2D eigenvalue weighted by Gasteiger charge is -2.25. The van der Waals surface area contributed by atoms with Gasteiger partial charge in [-0.2, -0.15) is 10.2 Å². The second-order valence-corrected chi connectivity index (χ2v) is 6.56. The van der Waals surface area contributed by atoms with E-state index in [-0.39, 0.29) is 11.9 Å². The van der Waals surface area contributed by atoms with Crippen LogP contribution in [0.4, 0.5) is 11.6 Å². The van der Waals surface area contributed by atoms with Crippen molar-refractivity contribution < 1.29 is 4.79 Å². The molecule has 0 aromatic carbocycles. The quantitative estimate of drug-likeness (QED) is 0.768. The predicted octanol–water partition coefficient (Wildman–Crippen LogP) is 3.30. The standard InChI is InChI=1S/C20H20N6O/c1-14-4-2-8-22-19(14)25-18-12-15(6-9-21-18)17-5-3-11-26(17)20(27)16-7-10-23-24-13-16/h2,4,6-10,12-13,17H,3,5,11H2,1H3,(H,21,22,25). The number of amides is 1. The average molecular weight is 360 g/mol. The Bertz CT molecular complexity index is 946. The van der Waals surface area contributed by atoms with E-state index in [1.807, 2.05) is 36.1 Å². The van der Waals surface area contributed by atoms with Crippen LogP contribution in [0.3, 0.4) is 0 Å². The molecule has 7 nitrogen and oxygen atoms in total. The number of hydrogen-bond acceptors (Lipinski definition) is 6. The predicted molar refractivity (Wildman–Crippen MR) is 102 cm³/mol. The van der Waals surface area contributed by atoms with Crippen LogP contribution in [-0.4, -0.2) is 37.5 Å². The van der Waals surface area contributed by atoms with E-state index in [0.717, 1.165) is 42.1 Å². The van der Waals surface area contributed by atoms with Gasteiger partial charge in [0.25, 0.3) is 5.91 Å². The average Bonchev–Trinajstić information content (AvgIpc) is 3.20. The van der Waals surface area contributed by atoms with Crippen LogP contribution in [0.1, 0.15) is 40.4 Å². The molecule has 7 heteroatoms. The van der Waals surface area contributed by atoms with Crippen molar-refractivity contribution in [2.24, 2.45) is 0 Å². The molecule has 0 saturated carbocycles. The third-order valence-corrected chi connectivity index (χ3v) is 4.77. The van der Waals surface area contributed by atoms with Crippen LogP contribution >= 0.6 is 0 Å². The van der Waals surface area contributed by atoms with Crippen molar-refractivity contribution in [3.05, 3.63) is 71.8 Å². The van der Waals surface area contributed by atoms with Crippen molar-refractivity contribution in [1.29, 1.82) is 0 Å². The number of likely N-dealkylation sites (tertiary alicyclic amines) is 1. The molecule has 1 N–H and O–H groups in total. The smallest absolute Gasteiger partial charge is 0.256 e. The molecule has 4 rings (SSSR count). The Labute approximate surface area is 157 Å². The fourth-order valence-electron chi connectivity index (χ4n) is 3.40. The highest BCUT2D eigenvalue weighted by Gasteiger charge is 2.31. The van der Waals surface area contributed by atoms with E-state index in [9.17, 15) is 4.79 Å². The monoisotopic (exact) mass is 360 g/mol. The second-order valence-electron chi connectivity index (χ2n) is 6.56. The molecule has 27 heavy (non-hydrogen) atoms. The van der Waals surface area contributed by atoms with Gasteiger partial charge in [0.15, 0.2) is 0 Å². The largest absolute Gasteiger partial charge is 0.332 e. The lowest BCUT2D eigenvalue weighted by molar-refractivity contribution is 0.0735. The highest BCUT2D eigenvalue weighted by molar-refractivity contribution is 5.94. The Balaban J connectivity index is 1.57. The van der Waals surface area contributed by atoms with Gasteiger partial charge in [-0.25, -0.2) is 9.97 Å². The molecule has 1 atom stereocenters. The Morgan fingerprint density at radius 2 is 2.07 bits per heavy atom. The van der Waals surface area contributed by atoms with Gasteiger partial charge in [-0.1, -0.05) is 6.07 Å². The summed E-state index contributed by atoms with van der Waals surface area (Å²) in [5.74, 6) is 1.49. The zero-order valence-corrected chi connectivity index (χ0v) is 15.0. The molecule has 1 aliphatic rings. The molecule has 1 unspecified atom stereocenters. The summed E-state index contributed by atoms with van der Waals surface area (Å²) in [4.78, 5) is 23.5. The number of nitrogens with zero attached hydrogens (tertiary/aromatic N) is 5. The Morgan fingerprint density at radius 1 is 1.15 bits per heavy atom. The minimum atomic E-state index is -0.0145. The summed E-state index contributed by atoms with van der Waals surface area (Å²) in [7, 11) is 0. The first kappa shape index (κ1) is 17.1. The maximum absolute atomic E-state index is 12.9. The van der Waals surface area contributed by atoms with E-state index in [1.165, 1.54) is 6.20 Å². The highest BCUT2D eigenvalue weighted by atomic mass is 16.2. The van der Waals surface area contributed by atoms with Crippen molar-refractivity contribution in [1.82, 2.24) is 25.1 Å². The van der Waals surface area contributed by atoms with Gasteiger partial charge < -0.3 is 10.2 Å². The van der Waals surface area contributed by atoms with Crippen LogP contribution in [-0.2, 0) is 0 Å². The highest BCUT2D eigenvalue weighted by Crippen LogP contribution is 2.34. The van der Waals surface area contributed by atoms with Crippen LogP contribution in [0.25, 0.3) is 0 Å². The first-order valence-corrected chi connectivity index (χ1v) is 8.94. The summed E-state index contributed by atoms with van der Waals surface area (Å²) in [5, 5.41) is 10.8. The van der Waals surface area contributed by atoms with Gasteiger partial charge in [-0.05, 0) is 55.2 Å². The number of pyridine rings is 2. The maximum atomic E-state index is 12.9. The number of carbonyl (C=O) groups is 1. The van der Waals surface area contributed by atoms with E-state index in [1.54, 1.807) is 24.7 Å². The summed E-state index contributed by atoms with van der Waals surface area (Å²) >= 11 is 0. The van der Waals surface area contributed by atoms with Crippen LogP contribution in [0.15, 0.2) is 55.1 Å². The first-order valence-electron chi connectivity index (χ1n) is 8.94. The normalized spacial score (nSPS) is 16.3. The Morgan fingerprint density at radius 3 is 2.89 bits per heavy atom. The van der Waals surface area contributed by atoms with Crippen molar-refractivity contribution in [2.75, 3.05) is 11.9 Å². The molecule has 1 fully saturated rings. The molecule has 0 aliphatic carbocycles. The first-order chi connectivity index (χ1) is 13.2. The molecule has 136 valence electrons. The van der Waals surface area contributed by atoms with Gasteiger partial charge in [0.05, 0.1) is 24.0 Å². The van der Waals surface area contributed by atoms with Crippen LogP contribution < -0.4 is 5.32 Å². The summed E-state index contributed by atoms with van der Waals surface area (Å²) in [6.45, 7) is 2.73. The number of aromatic nitrogens is 4. The van der Waals surface area contributed by atoms with Crippen LogP contribution in [0, 0.1) is 6.92 Å². The number of nitrogens with one attached hydrogen (secondary N) is 1. The molecule has 0 bridgehead atoms. The SMILES string of the molecule is Cc1cccnc1Nc1cc(C2CCCN2C(=O)c2ccnnc2)ccn1. The Hall–Kier alpha value is -3.35. The lowest BCUT2D eigenvalue weighted by Crippen LogP contribution is -2.30. The van der Waals surface area contributed by atoms with Crippen molar-refractivity contribution in [3.8, 4) is 0 Å². The fraction of sp³-hybridized carbons (Fsp3) is 0.250. The number of hydrogen-bond donors (Lipinski definition) is 1. The second kappa shape index (κ2) is 7.49. The zero-order chi connectivity index (χ0) is 18.6. The molecule has 1 amide bonds. The van der Waals surface area contributed by atoms with E-state index >= 15 is 0 Å². The van der Waals surface area contributed by atoms with E-state index < -0.39 is 0 Å². The van der Waals surface area contributed by atoms with Crippen molar-refractivity contribution >= 4 is 17.5 Å². The molecular weight excluding hydrogens is 340 g/mol. The molecule has 4 heterocycles. The van der Waals surface area contributed by atoms with E-state index in [2.05, 4.69) is 25.5 Å². The van der Waals surface area contributed by atoms with Crippen LogP contribution in [0.2, 0.25) is 0 Å². The molecular formula is C20H20N6O. The Kier molecular flexibility index (Phi) is 4.74. The molecule has 0 spiro atoms. The number of anilines is 2. The molecule has 1 saturated heterocycles. The van der Waals surface area contributed by atoms with Crippen molar-refractivity contribution in [3.63, 3.8) is 0 Å². The molecule has 1 aliphatic heterocycles. The van der Waals surface area contributed by atoms with Gasteiger partial charge >= 0.3 is 0 Å². The number of carbonyl (C=O) groups excluding carboxylic acids is 1. The van der Waals surface area contributed by atoms with Gasteiger partial charge in [0, 0.05) is 18.9 Å². The summed E-state index contributed by atoms with van der Waals surface area (Å²) in [6.07, 6.45) is 8.48. The van der Waals surface area contributed by atoms with Crippen molar-refractivity contribution in [2.45, 2.75) is 25.8 Å². The third kappa shape index (κ3) is 3.62. The molecule has 3 aromatic rings. The lowest BCUT2D eigenvalue weighted by atomic mass is 10.1. The number of aryl methyl sites for hydroxylation is 1. The summed E-state index contributed by atoms with van der Waals surface area (Å²) in [6, 6.07) is 9.60. The summed E-state index contributed by atoms with van der Waals surface area (Å²) in [5.41, 5.74) is 2.68. The van der Waals surface area contributed by atoms with Gasteiger partial charge in [0.1, 0.15) is 11.6 Å². The molecule has 3 aromatic heterocycles. The minimum absolute atomic E-state index is 0.0145. The third-order valence-electron chi connectivity index (χ3n) is 4.77. The fourth-order valence-corrected chi connectivity index (χ4v) is 3.40. The van der Waals surface area contributed by atoms with E-state index in [0.29, 0.717) is 5.56 Å². The van der Waals surface area contributed by atoms with Gasteiger partial charge in [-0.3, -0.25) is 4.79 Å². The van der Waals surface area contributed by atoms with Gasteiger partial charge in [0.2, 0.25) is 0 Å². The topological polar surface area (TPSA) is 83.9 Å². The van der Waals surface area contributed by atoms with Gasteiger partial charge in [-0.15, -0.1) is 0 Å². The van der Waals surface area contributed by atoms with E-state index in [4.69, 9.17) is 0 Å². The van der Waals surface area contributed by atoms with Crippen LogP contribution in [0.5, 0.6) is 0 Å². The summed E-state index contributed by atoms with van der Waals surface area (Å²) < 4.78 is 0. The maximum Gasteiger partial charge on any atom is 0.256 e. The molecule has 0 radical (unpaired) electrons. The zero-order valence-electron chi connectivity index (χ0n) is 15.0. The minimum Gasteiger partial charge on any atom is -0.332 e.